The van der Waals surface area contributed by atoms with Crippen LogP contribution in [0.3, 0.4) is 0 Å². The Labute approximate surface area is 226 Å². The number of carbonyl (C=O) groups is 1. The number of hydrogen-bond acceptors (Lipinski definition) is 8. The molecule has 4 rings (SSSR count). The molecule has 1 aromatic heterocycles. The van der Waals surface area contributed by atoms with Gasteiger partial charge in [-0.3, -0.25) is 9.32 Å². The van der Waals surface area contributed by atoms with Crippen LogP contribution >= 0.6 is 7.75 Å². The maximum atomic E-state index is 14.0. The van der Waals surface area contributed by atoms with Gasteiger partial charge in [0, 0.05) is 25.0 Å². The van der Waals surface area contributed by atoms with E-state index in [9.17, 15) is 14.2 Å². The summed E-state index contributed by atoms with van der Waals surface area (Å²) in [5, 5.41) is 3.56. The van der Waals surface area contributed by atoms with Crippen LogP contribution in [0.25, 0.3) is 11.0 Å². The zero-order valence-electron chi connectivity index (χ0n) is 22.0. The number of anilines is 1. The number of para-hydroxylation sites is 1. The van der Waals surface area contributed by atoms with Crippen LogP contribution < -0.4 is 20.1 Å². The van der Waals surface area contributed by atoms with Gasteiger partial charge in [0.25, 0.3) is 0 Å². The van der Waals surface area contributed by atoms with Crippen LogP contribution in [0.15, 0.2) is 94.1 Å². The monoisotopic (exact) mass is 550 g/mol. The number of fused-ring (bicyclic) bond motifs is 1. The fraction of sp³-hybridized carbons (Fsp3) is 0.241. The van der Waals surface area contributed by atoms with Crippen molar-refractivity contribution in [1.29, 1.82) is 0 Å². The second-order valence-corrected chi connectivity index (χ2v) is 10.7. The number of likely N-dealkylation sites (N-methyl/N-ethyl adjacent to an activating group) is 1. The zero-order valence-corrected chi connectivity index (χ0v) is 22.9. The number of hydrogen-bond donors (Lipinski definition) is 1. The molecule has 0 saturated heterocycles. The molecule has 39 heavy (non-hydrogen) atoms. The summed E-state index contributed by atoms with van der Waals surface area (Å²) in [5.74, 6) is -0.290. The summed E-state index contributed by atoms with van der Waals surface area (Å²) in [6.07, 6.45) is 0.212. The van der Waals surface area contributed by atoms with Crippen LogP contribution in [0.4, 0.5) is 5.69 Å². The number of aryl methyl sites for hydroxylation is 1. The molecule has 0 aliphatic carbocycles. The van der Waals surface area contributed by atoms with Gasteiger partial charge in [0.05, 0.1) is 19.4 Å². The Morgan fingerprint density at radius 1 is 1.03 bits per heavy atom. The Bertz CT molecular complexity index is 1510. The standard InChI is InChI=1S/C29H31N2O7P/c1-21-14-15-27-24(18-21)26(20-28(32)37-27)31(2)16-17-36-39(34,38-23-12-8-5-9-13-23)30-25(29(33)35-3)19-22-10-6-4-7-11-22/h4-15,18,20,25H,16-17,19H2,1-3H3,(H,30,34). The maximum Gasteiger partial charge on any atom is 0.459 e. The summed E-state index contributed by atoms with van der Waals surface area (Å²) in [4.78, 5) is 26.6. The number of nitrogens with zero attached hydrogens (tertiary/aromatic N) is 1. The number of benzene rings is 3. The molecule has 10 heteroatoms. The van der Waals surface area contributed by atoms with Crippen LogP contribution in [0.5, 0.6) is 5.75 Å². The topological polar surface area (TPSA) is 107 Å². The SMILES string of the molecule is COC(=O)C(Cc1ccccc1)NP(=O)(OCCN(C)c1cc(=O)oc2ccc(C)cc12)Oc1ccccc1. The Morgan fingerprint density at radius 3 is 2.41 bits per heavy atom. The first-order valence-corrected chi connectivity index (χ1v) is 13.9. The van der Waals surface area contributed by atoms with Crippen molar-refractivity contribution in [2.24, 2.45) is 0 Å². The average molecular weight is 551 g/mol. The van der Waals surface area contributed by atoms with Gasteiger partial charge < -0.3 is 18.6 Å². The molecule has 0 amide bonds. The van der Waals surface area contributed by atoms with E-state index < -0.39 is 25.4 Å². The predicted molar refractivity (Wildman–Crippen MR) is 150 cm³/mol. The van der Waals surface area contributed by atoms with E-state index in [0.717, 1.165) is 16.5 Å². The highest BCUT2D eigenvalue weighted by Crippen LogP contribution is 2.45. The predicted octanol–water partition coefficient (Wildman–Crippen LogP) is 5.12. The number of methoxy groups -OCH3 is 1. The highest BCUT2D eigenvalue weighted by Gasteiger charge is 2.34. The van der Waals surface area contributed by atoms with Crippen molar-refractivity contribution in [3.05, 3.63) is 106 Å². The van der Waals surface area contributed by atoms with E-state index in [-0.39, 0.29) is 19.6 Å². The summed E-state index contributed by atoms with van der Waals surface area (Å²) in [6.45, 7) is 2.17. The number of ether oxygens (including phenoxy) is 1. The molecule has 0 saturated carbocycles. The van der Waals surface area contributed by atoms with E-state index in [1.165, 1.54) is 13.2 Å². The van der Waals surface area contributed by atoms with Gasteiger partial charge in [-0.2, -0.15) is 5.09 Å². The first-order valence-electron chi connectivity index (χ1n) is 12.4. The van der Waals surface area contributed by atoms with Crippen LogP contribution in [-0.2, 0) is 25.0 Å². The van der Waals surface area contributed by atoms with Crippen molar-refractivity contribution < 1.29 is 27.6 Å². The Morgan fingerprint density at radius 2 is 1.72 bits per heavy atom. The highest BCUT2D eigenvalue weighted by molar-refractivity contribution is 7.52. The number of nitrogens with one attached hydrogen (secondary N) is 1. The van der Waals surface area contributed by atoms with Crippen molar-refractivity contribution in [3.8, 4) is 5.75 Å². The minimum atomic E-state index is -4.07. The molecule has 9 nitrogen and oxygen atoms in total. The lowest BCUT2D eigenvalue weighted by molar-refractivity contribution is -0.142. The number of carbonyl (C=O) groups excluding carboxylic acids is 1. The minimum Gasteiger partial charge on any atom is -0.468 e. The van der Waals surface area contributed by atoms with Gasteiger partial charge in [-0.25, -0.2) is 9.36 Å². The Balaban J connectivity index is 1.54. The largest absolute Gasteiger partial charge is 0.468 e. The first-order chi connectivity index (χ1) is 18.8. The van der Waals surface area contributed by atoms with Gasteiger partial charge in [-0.15, -0.1) is 0 Å². The quantitative estimate of drug-likeness (QED) is 0.146. The van der Waals surface area contributed by atoms with Gasteiger partial charge in [0.15, 0.2) is 0 Å². The summed E-state index contributed by atoms with van der Waals surface area (Å²) < 4.78 is 35.9. The number of esters is 1. The van der Waals surface area contributed by atoms with Gasteiger partial charge in [-0.1, -0.05) is 60.2 Å². The smallest absolute Gasteiger partial charge is 0.459 e. The van der Waals surface area contributed by atoms with Crippen LogP contribution in [0.2, 0.25) is 0 Å². The Kier molecular flexibility index (Phi) is 9.19. The normalized spacial score (nSPS) is 13.4. The van der Waals surface area contributed by atoms with Crippen LogP contribution in [-0.4, -0.2) is 39.3 Å². The van der Waals surface area contributed by atoms with Gasteiger partial charge >= 0.3 is 19.3 Å². The molecule has 4 aromatic rings. The Hall–Kier alpha value is -3.91. The van der Waals surface area contributed by atoms with Crippen molar-refractivity contribution in [2.75, 3.05) is 32.2 Å². The van der Waals surface area contributed by atoms with Crippen molar-refractivity contribution in [3.63, 3.8) is 0 Å². The fourth-order valence-corrected chi connectivity index (χ4v) is 5.55. The third-order valence-corrected chi connectivity index (χ3v) is 7.63. The van der Waals surface area contributed by atoms with Gasteiger partial charge in [-0.05, 0) is 43.2 Å². The van der Waals surface area contributed by atoms with E-state index in [4.69, 9.17) is 18.2 Å². The molecule has 0 bridgehead atoms. The van der Waals surface area contributed by atoms with Gasteiger partial charge in [0.1, 0.15) is 17.4 Å². The molecular weight excluding hydrogens is 519 g/mol. The lowest BCUT2D eigenvalue weighted by atomic mass is 10.1. The second-order valence-electron chi connectivity index (χ2n) is 9.00. The molecule has 2 atom stereocenters. The number of rotatable bonds is 12. The molecule has 1 heterocycles. The second kappa shape index (κ2) is 12.8. The summed E-state index contributed by atoms with van der Waals surface area (Å²) in [7, 11) is -1.01. The third-order valence-electron chi connectivity index (χ3n) is 6.03. The van der Waals surface area contributed by atoms with E-state index in [1.54, 1.807) is 43.4 Å². The van der Waals surface area contributed by atoms with E-state index in [1.807, 2.05) is 54.3 Å². The van der Waals surface area contributed by atoms with Crippen LogP contribution in [0, 0.1) is 6.92 Å². The molecule has 0 fully saturated rings. The lowest BCUT2D eigenvalue weighted by Gasteiger charge is -2.26. The third kappa shape index (κ3) is 7.57. The first kappa shape index (κ1) is 28.1. The molecule has 3 aromatic carbocycles. The lowest BCUT2D eigenvalue weighted by Crippen LogP contribution is -2.39. The summed E-state index contributed by atoms with van der Waals surface area (Å²) in [5.41, 5.74) is 2.50. The summed E-state index contributed by atoms with van der Waals surface area (Å²) >= 11 is 0. The molecule has 0 radical (unpaired) electrons. The molecular formula is C29H31N2O7P. The summed E-state index contributed by atoms with van der Waals surface area (Å²) in [6, 6.07) is 23.8. The highest BCUT2D eigenvalue weighted by atomic mass is 31.2. The molecule has 204 valence electrons. The van der Waals surface area contributed by atoms with Crippen LogP contribution in [0.1, 0.15) is 11.1 Å². The average Bonchev–Trinajstić information content (AvgIpc) is 2.93. The zero-order chi connectivity index (χ0) is 27.8. The molecule has 0 aliphatic heterocycles. The molecule has 2 unspecified atom stereocenters. The van der Waals surface area contributed by atoms with E-state index in [2.05, 4.69) is 5.09 Å². The van der Waals surface area contributed by atoms with E-state index >= 15 is 0 Å². The molecule has 0 spiro atoms. The fourth-order valence-electron chi connectivity index (χ4n) is 4.07. The van der Waals surface area contributed by atoms with Crippen molar-refractivity contribution in [2.45, 2.75) is 19.4 Å². The van der Waals surface area contributed by atoms with Crippen molar-refractivity contribution in [1.82, 2.24) is 5.09 Å². The van der Waals surface area contributed by atoms with Gasteiger partial charge in [0.2, 0.25) is 0 Å². The van der Waals surface area contributed by atoms with E-state index in [0.29, 0.717) is 17.0 Å². The maximum absolute atomic E-state index is 14.0. The van der Waals surface area contributed by atoms with Crippen molar-refractivity contribution >= 4 is 30.4 Å². The molecule has 1 N–H and O–H groups in total. The minimum absolute atomic E-state index is 0.0413. The molecule has 0 aliphatic rings.